The fourth-order valence-corrected chi connectivity index (χ4v) is 3.77. The third-order valence-electron chi connectivity index (χ3n) is 5.45. The number of ether oxygens (including phenoxy) is 2. The second-order valence-corrected chi connectivity index (χ2v) is 7.06. The largest absolute Gasteiger partial charge is 0.370 e. The molecule has 2 heterocycles. The molecule has 2 fully saturated rings. The van der Waals surface area contributed by atoms with Crippen molar-refractivity contribution in [2.24, 2.45) is 5.92 Å². The van der Waals surface area contributed by atoms with Crippen molar-refractivity contribution in [3.05, 3.63) is 35.4 Å². The van der Waals surface area contributed by atoms with E-state index in [1.807, 2.05) is 0 Å². The molecule has 3 rings (SSSR count). The van der Waals surface area contributed by atoms with Gasteiger partial charge in [0.1, 0.15) is 0 Å². The van der Waals surface area contributed by atoms with Crippen molar-refractivity contribution >= 4 is 0 Å². The predicted molar refractivity (Wildman–Crippen MR) is 80.7 cm³/mol. The smallest absolute Gasteiger partial charge is 0.0924 e. The van der Waals surface area contributed by atoms with Crippen LogP contribution in [0.1, 0.15) is 51.2 Å². The molecule has 0 N–H and O–H groups in total. The first-order chi connectivity index (χ1) is 9.45. The van der Waals surface area contributed by atoms with Crippen LogP contribution in [0.2, 0.25) is 0 Å². The summed E-state index contributed by atoms with van der Waals surface area (Å²) in [6.07, 6.45) is 3.60. The molecule has 2 heteroatoms. The Morgan fingerprint density at radius 2 is 2.05 bits per heavy atom. The molecule has 2 bridgehead atoms. The van der Waals surface area contributed by atoms with Gasteiger partial charge in [-0.15, -0.1) is 0 Å². The summed E-state index contributed by atoms with van der Waals surface area (Å²) in [6.45, 7) is 9.62. The van der Waals surface area contributed by atoms with Crippen molar-refractivity contribution in [2.45, 2.75) is 70.9 Å². The minimum absolute atomic E-state index is 0.0607. The highest BCUT2D eigenvalue weighted by Crippen LogP contribution is 2.55. The van der Waals surface area contributed by atoms with Crippen molar-refractivity contribution < 1.29 is 9.47 Å². The minimum atomic E-state index is -0.0764. The SMILES string of the molecule is Cc1ccccc1CO[C@@H]1C[C@]2(C(C)C)CC[C@@]1(C)O2. The summed E-state index contributed by atoms with van der Waals surface area (Å²) in [4.78, 5) is 0. The van der Waals surface area contributed by atoms with E-state index in [4.69, 9.17) is 9.47 Å². The highest BCUT2D eigenvalue weighted by atomic mass is 16.6. The molecule has 3 atom stereocenters. The van der Waals surface area contributed by atoms with Gasteiger partial charge in [0.2, 0.25) is 0 Å². The fourth-order valence-electron chi connectivity index (χ4n) is 3.77. The Morgan fingerprint density at radius 3 is 2.70 bits per heavy atom. The van der Waals surface area contributed by atoms with E-state index < -0.39 is 0 Å². The van der Waals surface area contributed by atoms with Gasteiger partial charge >= 0.3 is 0 Å². The molecule has 110 valence electrons. The Morgan fingerprint density at radius 1 is 1.30 bits per heavy atom. The highest BCUT2D eigenvalue weighted by Gasteiger charge is 2.60. The first kappa shape index (κ1) is 14.1. The normalized spacial score (nSPS) is 36.0. The first-order valence-corrected chi connectivity index (χ1v) is 7.81. The molecule has 0 radical (unpaired) electrons. The molecular weight excluding hydrogens is 248 g/mol. The van der Waals surface area contributed by atoms with Gasteiger partial charge in [-0.2, -0.15) is 0 Å². The highest BCUT2D eigenvalue weighted by molar-refractivity contribution is 5.24. The summed E-state index contributed by atoms with van der Waals surface area (Å²) in [6, 6.07) is 8.46. The van der Waals surface area contributed by atoms with Gasteiger partial charge in [0.05, 0.1) is 23.9 Å². The van der Waals surface area contributed by atoms with Crippen molar-refractivity contribution in [3.63, 3.8) is 0 Å². The first-order valence-electron chi connectivity index (χ1n) is 7.81. The van der Waals surface area contributed by atoms with Crippen LogP contribution in [0.3, 0.4) is 0 Å². The maximum Gasteiger partial charge on any atom is 0.0924 e. The van der Waals surface area contributed by atoms with E-state index in [9.17, 15) is 0 Å². The molecule has 0 saturated carbocycles. The van der Waals surface area contributed by atoms with Gasteiger partial charge in [-0.3, -0.25) is 0 Å². The van der Waals surface area contributed by atoms with E-state index in [1.165, 1.54) is 17.5 Å². The Labute approximate surface area is 122 Å². The van der Waals surface area contributed by atoms with Crippen molar-refractivity contribution in [1.82, 2.24) is 0 Å². The Balaban J connectivity index is 1.69. The van der Waals surface area contributed by atoms with Crippen LogP contribution in [0.15, 0.2) is 24.3 Å². The molecule has 1 aromatic rings. The van der Waals surface area contributed by atoms with E-state index >= 15 is 0 Å². The zero-order chi connectivity index (χ0) is 14.4. The standard InChI is InChI=1S/C18H26O2/c1-13(2)18-10-9-17(4,20-18)16(11-18)19-12-15-8-6-5-7-14(15)3/h5-8,13,16H,9-12H2,1-4H3/t16-,17-,18+/m1/s1. The lowest BCUT2D eigenvalue weighted by Gasteiger charge is -2.31. The molecular formula is C18H26O2. The van der Waals surface area contributed by atoms with E-state index in [1.54, 1.807) is 0 Å². The average molecular weight is 274 g/mol. The van der Waals surface area contributed by atoms with Gasteiger partial charge in [-0.1, -0.05) is 38.1 Å². The van der Waals surface area contributed by atoms with Gasteiger partial charge in [-0.25, -0.2) is 0 Å². The van der Waals surface area contributed by atoms with Gasteiger partial charge in [0, 0.05) is 6.42 Å². The van der Waals surface area contributed by atoms with Gasteiger partial charge in [-0.05, 0) is 43.7 Å². The Hall–Kier alpha value is -0.860. The Kier molecular flexibility index (Phi) is 3.42. The number of aryl methyl sites for hydroxylation is 1. The second-order valence-electron chi connectivity index (χ2n) is 7.06. The van der Waals surface area contributed by atoms with Gasteiger partial charge in [0.15, 0.2) is 0 Å². The van der Waals surface area contributed by atoms with Crippen LogP contribution >= 0.6 is 0 Å². The molecule has 20 heavy (non-hydrogen) atoms. The third kappa shape index (κ3) is 2.19. The predicted octanol–water partition coefficient (Wildman–Crippen LogP) is 4.25. The van der Waals surface area contributed by atoms with Crippen molar-refractivity contribution in [1.29, 1.82) is 0 Å². The maximum atomic E-state index is 6.42. The molecule has 0 aromatic heterocycles. The lowest BCUT2D eigenvalue weighted by molar-refractivity contribution is -0.0960. The Bertz CT molecular complexity index is 496. The number of fused-ring (bicyclic) bond motifs is 2. The van der Waals surface area contributed by atoms with Crippen LogP contribution in [0.25, 0.3) is 0 Å². The maximum absolute atomic E-state index is 6.42. The molecule has 0 unspecified atom stereocenters. The van der Waals surface area contributed by atoms with E-state index in [0.29, 0.717) is 12.5 Å². The van der Waals surface area contributed by atoms with Gasteiger partial charge in [0.25, 0.3) is 0 Å². The van der Waals surface area contributed by atoms with Crippen LogP contribution < -0.4 is 0 Å². The minimum Gasteiger partial charge on any atom is -0.370 e. The third-order valence-corrected chi connectivity index (χ3v) is 5.45. The molecule has 2 saturated heterocycles. The molecule has 2 aliphatic heterocycles. The summed E-state index contributed by atoms with van der Waals surface area (Å²) >= 11 is 0. The number of hydrogen-bond acceptors (Lipinski definition) is 2. The summed E-state index contributed by atoms with van der Waals surface area (Å²) in [5, 5.41) is 0. The fraction of sp³-hybridized carbons (Fsp3) is 0.667. The molecule has 0 aliphatic carbocycles. The second kappa shape index (κ2) is 4.85. The zero-order valence-electron chi connectivity index (χ0n) is 13.1. The van der Waals surface area contributed by atoms with E-state index in [2.05, 4.69) is 52.0 Å². The molecule has 1 aromatic carbocycles. The molecule has 2 aliphatic rings. The summed E-state index contributed by atoms with van der Waals surface area (Å²) in [7, 11) is 0. The molecule has 0 amide bonds. The quantitative estimate of drug-likeness (QED) is 0.817. The lowest BCUT2D eigenvalue weighted by atomic mass is 9.75. The topological polar surface area (TPSA) is 18.5 Å². The van der Waals surface area contributed by atoms with E-state index in [-0.39, 0.29) is 17.3 Å². The molecule has 2 nitrogen and oxygen atoms in total. The van der Waals surface area contributed by atoms with Gasteiger partial charge < -0.3 is 9.47 Å². The van der Waals surface area contributed by atoms with Crippen LogP contribution in [-0.4, -0.2) is 17.3 Å². The number of rotatable bonds is 4. The lowest BCUT2D eigenvalue weighted by Crippen LogP contribution is -2.38. The van der Waals surface area contributed by atoms with Crippen molar-refractivity contribution in [2.75, 3.05) is 0 Å². The average Bonchev–Trinajstić information content (AvgIpc) is 2.90. The number of benzene rings is 1. The summed E-state index contributed by atoms with van der Waals surface area (Å²) in [5.41, 5.74) is 2.58. The van der Waals surface area contributed by atoms with E-state index in [0.717, 1.165) is 12.8 Å². The van der Waals surface area contributed by atoms with Crippen LogP contribution in [0, 0.1) is 12.8 Å². The van der Waals surface area contributed by atoms with Crippen molar-refractivity contribution in [3.8, 4) is 0 Å². The molecule has 0 spiro atoms. The summed E-state index contributed by atoms with van der Waals surface area (Å²) in [5.74, 6) is 0.566. The zero-order valence-corrected chi connectivity index (χ0v) is 13.1. The van der Waals surface area contributed by atoms with Crippen LogP contribution in [-0.2, 0) is 16.1 Å². The summed E-state index contributed by atoms with van der Waals surface area (Å²) < 4.78 is 12.7. The number of hydrogen-bond donors (Lipinski definition) is 0. The monoisotopic (exact) mass is 274 g/mol. The van der Waals surface area contributed by atoms with Crippen LogP contribution in [0.5, 0.6) is 0 Å². The van der Waals surface area contributed by atoms with Crippen LogP contribution in [0.4, 0.5) is 0 Å².